The van der Waals surface area contributed by atoms with Gasteiger partial charge in [-0.3, -0.25) is 0 Å². The van der Waals surface area contributed by atoms with Crippen LogP contribution in [0, 0.1) is 0 Å². The lowest BCUT2D eigenvalue weighted by Gasteiger charge is -2.04. The van der Waals surface area contributed by atoms with Gasteiger partial charge in [0, 0.05) is 10.9 Å². The average molecular weight is 368 g/mol. The molecule has 0 amide bonds. The van der Waals surface area contributed by atoms with Crippen molar-refractivity contribution in [3.8, 4) is 11.3 Å². The highest BCUT2D eigenvalue weighted by Crippen LogP contribution is 2.29. The van der Waals surface area contributed by atoms with Gasteiger partial charge in [-0.25, -0.2) is 9.31 Å². The monoisotopic (exact) mass is 368 g/mol. The lowest BCUT2D eigenvalue weighted by molar-refractivity contribution is 0.0529. The van der Waals surface area contributed by atoms with Crippen LogP contribution in [0.1, 0.15) is 17.3 Å². The van der Waals surface area contributed by atoms with Crippen molar-refractivity contribution in [3.05, 3.63) is 72.3 Å². The van der Waals surface area contributed by atoms with Crippen molar-refractivity contribution < 1.29 is 9.53 Å². The summed E-state index contributed by atoms with van der Waals surface area (Å²) in [5.74, 6) is -0.453. The molecule has 28 heavy (non-hydrogen) atoms. The molecule has 136 valence electrons. The van der Waals surface area contributed by atoms with Crippen molar-refractivity contribution in [3.63, 3.8) is 0 Å². The van der Waals surface area contributed by atoms with E-state index in [1.807, 2.05) is 66.7 Å². The Balaban J connectivity index is 1.88. The molecule has 3 aromatic carbocycles. The molecular formula is C22H16N4O2. The fourth-order valence-electron chi connectivity index (χ4n) is 3.48. The zero-order chi connectivity index (χ0) is 19.1. The Hall–Kier alpha value is -3.80. The van der Waals surface area contributed by atoms with E-state index < -0.39 is 5.97 Å². The van der Waals surface area contributed by atoms with Crippen LogP contribution in [0.4, 0.5) is 0 Å². The second-order valence-corrected chi connectivity index (χ2v) is 6.40. The molecule has 0 spiro atoms. The van der Waals surface area contributed by atoms with Gasteiger partial charge >= 0.3 is 5.97 Å². The third-order valence-electron chi connectivity index (χ3n) is 4.74. The summed E-state index contributed by atoms with van der Waals surface area (Å²) < 4.78 is 6.96. The highest BCUT2D eigenvalue weighted by molar-refractivity contribution is 6.06. The SMILES string of the molecule is CCOC(=O)c1c(-c2ccccc2)nn2c1nnc1c3ccccc3ccc12. The third kappa shape index (κ3) is 2.42. The number of esters is 1. The van der Waals surface area contributed by atoms with E-state index in [1.54, 1.807) is 11.4 Å². The molecule has 5 rings (SSSR count). The van der Waals surface area contributed by atoms with Crippen LogP contribution < -0.4 is 0 Å². The molecule has 0 aliphatic rings. The van der Waals surface area contributed by atoms with E-state index in [0.717, 1.165) is 27.4 Å². The number of fused-ring (bicyclic) bond motifs is 5. The first-order valence-corrected chi connectivity index (χ1v) is 9.07. The van der Waals surface area contributed by atoms with Crippen LogP contribution in [-0.4, -0.2) is 32.4 Å². The highest BCUT2D eigenvalue weighted by Gasteiger charge is 2.25. The van der Waals surface area contributed by atoms with Gasteiger partial charge in [0.2, 0.25) is 0 Å². The van der Waals surface area contributed by atoms with Gasteiger partial charge in [-0.2, -0.15) is 5.10 Å². The van der Waals surface area contributed by atoms with Gasteiger partial charge in [0.15, 0.2) is 5.65 Å². The van der Waals surface area contributed by atoms with E-state index in [-0.39, 0.29) is 6.61 Å². The first-order valence-electron chi connectivity index (χ1n) is 9.07. The average Bonchev–Trinajstić information content (AvgIpc) is 3.14. The molecule has 6 nitrogen and oxygen atoms in total. The maximum absolute atomic E-state index is 12.7. The van der Waals surface area contributed by atoms with Gasteiger partial charge in [-0.1, -0.05) is 60.7 Å². The fourth-order valence-corrected chi connectivity index (χ4v) is 3.48. The smallest absolute Gasteiger partial charge is 0.344 e. The molecule has 0 aliphatic carbocycles. The first-order chi connectivity index (χ1) is 13.8. The number of carbonyl (C=O) groups is 1. The summed E-state index contributed by atoms with van der Waals surface area (Å²) in [5.41, 5.74) is 3.61. The largest absolute Gasteiger partial charge is 0.462 e. The Bertz CT molecular complexity index is 1340. The summed E-state index contributed by atoms with van der Waals surface area (Å²) in [6, 6.07) is 21.5. The van der Waals surface area contributed by atoms with E-state index in [1.165, 1.54) is 0 Å². The van der Waals surface area contributed by atoms with E-state index in [2.05, 4.69) is 10.2 Å². The number of carbonyl (C=O) groups excluding carboxylic acids is 1. The van der Waals surface area contributed by atoms with Crippen molar-refractivity contribution >= 4 is 33.4 Å². The van der Waals surface area contributed by atoms with E-state index in [0.29, 0.717) is 16.9 Å². The Morgan fingerprint density at radius 3 is 2.57 bits per heavy atom. The minimum Gasteiger partial charge on any atom is -0.462 e. The van der Waals surface area contributed by atoms with E-state index >= 15 is 0 Å². The molecule has 0 saturated heterocycles. The first kappa shape index (κ1) is 16.4. The molecule has 0 aliphatic heterocycles. The maximum Gasteiger partial charge on any atom is 0.344 e. The number of rotatable bonds is 3. The maximum atomic E-state index is 12.7. The fraction of sp³-hybridized carbons (Fsp3) is 0.0909. The van der Waals surface area contributed by atoms with E-state index in [9.17, 15) is 4.79 Å². The Kier molecular flexibility index (Phi) is 3.76. The molecular weight excluding hydrogens is 352 g/mol. The van der Waals surface area contributed by atoms with Crippen LogP contribution in [-0.2, 0) is 4.74 Å². The number of hydrogen-bond donors (Lipinski definition) is 0. The van der Waals surface area contributed by atoms with Gasteiger partial charge in [-0.05, 0) is 18.4 Å². The zero-order valence-electron chi connectivity index (χ0n) is 15.2. The Morgan fingerprint density at radius 2 is 1.75 bits per heavy atom. The molecule has 6 heteroatoms. The second kappa shape index (κ2) is 6.42. The van der Waals surface area contributed by atoms with Crippen molar-refractivity contribution in [2.75, 3.05) is 6.61 Å². The third-order valence-corrected chi connectivity index (χ3v) is 4.74. The van der Waals surface area contributed by atoms with Gasteiger partial charge in [0.1, 0.15) is 16.8 Å². The molecule has 0 saturated carbocycles. The topological polar surface area (TPSA) is 69.4 Å². The molecule has 2 aromatic heterocycles. The summed E-state index contributed by atoms with van der Waals surface area (Å²) in [7, 11) is 0. The minimum atomic E-state index is -0.453. The van der Waals surface area contributed by atoms with Crippen LogP contribution in [0.15, 0.2) is 66.7 Å². The molecule has 0 radical (unpaired) electrons. The number of benzene rings is 3. The van der Waals surface area contributed by atoms with Crippen molar-refractivity contribution in [1.82, 2.24) is 19.8 Å². The van der Waals surface area contributed by atoms with Crippen molar-refractivity contribution in [2.24, 2.45) is 0 Å². The molecule has 0 bridgehead atoms. The summed E-state index contributed by atoms with van der Waals surface area (Å²) in [6.45, 7) is 2.05. The molecule has 0 atom stereocenters. The number of hydrogen-bond acceptors (Lipinski definition) is 5. The molecule has 0 N–H and O–H groups in total. The van der Waals surface area contributed by atoms with Crippen molar-refractivity contribution in [2.45, 2.75) is 6.92 Å². The van der Waals surface area contributed by atoms with Gasteiger partial charge < -0.3 is 4.74 Å². The summed E-state index contributed by atoms with van der Waals surface area (Å²) in [5, 5.41) is 15.6. The second-order valence-electron chi connectivity index (χ2n) is 6.40. The summed E-state index contributed by atoms with van der Waals surface area (Å²) in [4.78, 5) is 12.7. The van der Waals surface area contributed by atoms with Gasteiger partial charge in [-0.15, -0.1) is 10.2 Å². The normalized spacial score (nSPS) is 11.3. The lowest BCUT2D eigenvalue weighted by atomic mass is 10.1. The predicted molar refractivity (Wildman–Crippen MR) is 107 cm³/mol. The van der Waals surface area contributed by atoms with Crippen LogP contribution >= 0.6 is 0 Å². The van der Waals surface area contributed by atoms with Crippen LogP contribution in [0.25, 0.3) is 38.7 Å². The van der Waals surface area contributed by atoms with Crippen molar-refractivity contribution in [1.29, 1.82) is 0 Å². The number of ether oxygens (including phenoxy) is 1. The Labute approximate surface area is 160 Å². The van der Waals surface area contributed by atoms with Crippen LogP contribution in [0.2, 0.25) is 0 Å². The minimum absolute atomic E-state index is 0.274. The molecule has 0 unspecified atom stereocenters. The van der Waals surface area contributed by atoms with Crippen LogP contribution in [0.3, 0.4) is 0 Å². The molecule has 5 aromatic rings. The predicted octanol–water partition coefficient (Wildman–Crippen LogP) is 4.27. The number of nitrogens with zero attached hydrogens (tertiary/aromatic N) is 4. The standard InChI is InChI=1S/C22H16N4O2/c1-2-28-22(27)18-19(15-9-4-3-5-10-15)25-26-17-13-12-14-8-6-7-11-16(14)20(17)23-24-21(18)26/h3-13H,2H2,1H3. The van der Waals surface area contributed by atoms with Gasteiger partial charge in [0.05, 0.1) is 12.1 Å². The Morgan fingerprint density at radius 1 is 0.964 bits per heavy atom. The summed E-state index contributed by atoms with van der Waals surface area (Å²) in [6.07, 6.45) is 0. The highest BCUT2D eigenvalue weighted by atomic mass is 16.5. The molecule has 0 fully saturated rings. The van der Waals surface area contributed by atoms with Gasteiger partial charge in [0.25, 0.3) is 0 Å². The summed E-state index contributed by atoms with van der Waals surface area (Å²) >= 11 is 0. The molecule has 2 heterocycles. The lowest BCUT2D eigenvalue weighted by Crippen LogP contribution is -2.07. The quantitative estimate of drug-likeness (QED) is 0.351. The van der Waals surface area contributed by atoms with E-state index in [4.69, 9.17) is 9.84 Å². The zero-order valence-corrected chi connectivity index (χ0v) is 15.2. The van der Waals surface area contributed by atoms with Crippen LogP contribution in [0.5, 0.6) is 0 Å². The number of aromatic nitrogens is 4.